The van der Waals surface area contributed by atoms with Crippen molar-refractivity contribution in [2.75, 3.05) is 38.9 Å². The highest BCUT2D eigenvalue weighted by Crippen LogP contribution is 2.42. The van der Waals surface area contributed by atoms with Crippen LogP contribution in [-0.2, 0) is 14.2 Å². The monoisotopic (exact) mass is 204 g/mol. The van der Waals surface area contributed by atoms with Crippen LogP contribution in [0.25, 0.3) is 0 Å². The molecule has 0 aromatic rings. The van der Waals surface area contributed by atoms with Crippen molar-refractivity contribution in [3.8, 4) is 0 Å². The van der Waals surface area contributed by atoms with Crippen LogP contribution in [0.1, 0.15) is 13.3 Å². The zero-order valence-electron chi connectivity index (χ0n) is 8.12. The van der Waals surface area contributed by atoms with Crippen molar-refractivity contribution in [1.29, 1.82) is 0 Å². The third-order valence-corrected chi connectivity index (χ3v) is 4.44. The lowest BCUT2D eigenvalue weighted by atomic mass is 9.88. The molecule has 76 valence electrons. The van der Waals surface area contributed by atoms with Crippen LogP contribution in [0.5, 0.6) is 0 Å². The Morgan fingerprint density at radius 2 is 1.46 bits per heavy atom. The summed E-state index contributed by atoms with van der Waals surface area (Å²) < 4.78 is 17.1. The minimum atomic E-state index is -0.172. The molecule has 0 amide bonds. The van der Waals surface area contributed by atoms with Gasteiger partial charge in [0, 0.05) is 5.41 Å². The summed E-state index contributed by atoms with van der Waals surface area (Å²) in [5.74, 6) is 0. The second-order valence-corrected chi connectivity index (χ2v) is 6.07. The first-order valence-corrected chi connectivity index (χ1v) is 6.70. The van der Waals surface area contributed by atoms with Gasteiger partial charge in [-0.2, -0.15) is 0 Å². The maximum atomic E-state index is 5.70. The topological polar surface area (TPSA) is 27.7 Å². The summed E-state index contributed by atoms with van der Waals surface area (Å²) in [6.07, 6.45) is 3.65. The van der Waals surface area contributed by atoms with Gasteiger partial charge in [-0.05, 0) is 14.3 Å². The lowest BCUT2D eigenvalue weighted by Crippen LogP contribution is -2.40. The molecule has 3 rings (SSSR count). The van der Waals surface area contributed by atoms with Crippen LogP contribution < -0.4 is 0 Å². The second kappa shape index (κ2) is 4.22. The van der Waals surface area contributed by atoms with Gasteiger partial charge >= 0.3 is 0 Å². The van der Waals surface area contributed by atoms with E-state index in [1.807, 2.05) is 0 Å². The average Bonchev–Trinajstić information content (AvgIpc) is 2.01. The van der Waals surface area contributed by atoms with Crippen molar-refractivity contribution >= 4 is 7.92 Å². The van der Waals surface area contributed by atoms with E-state index in [4.69, 9.17) is 14.2 Å². The zero-order chi connectivity index (χ0) is 9.15. The van der Waals surface area contributed by atoms with E-state index in [1.54, 1.807) is 0 Å². The summed E-state index contributed by atoms with van der Waals surface area (Å²) in [6.45, 7) is 4.61. The van der Waals surface area contributed by atoms with Crippen molar-refractivity contribution in [1.82, 2.24) is 0 Å². The Kier molecular flexibility index (Phi) is 3.20. The molecule has 0 aliphatic carbocycles. The molecule has 13 heavy (non-hydrogen) atoms. The van der Waals surface area contributed by atoms with Crippen molar-refractivity contribution in [2.45, 2.75) is 13.3 Å². The van der Waals surface area contributed by atoms with E-state index in [1.165, 1.54) is 0 Å². The molecule has 0 atom stereocenters. The SMILES string of the molecule is CCC12COCP(COC1)COC2. The van der Waals surface area contributed by atoms with Gasteiger partial charge in [0.05, 0.1) is 38.9 Å². The molecule has 0 aromatic carbocycles. The smallest absolute Gasteiger partial charge is 0.0704 e. The fraction of sp³-hybridized carbons (Fsp3) is 1.00. The molecule has 3 fully saturated rings. The fourth-order valence-electron chi connectivity index (χ4n) is 1.72. The van der Waals surface area contributed by atoms with Gasteiger partial charge < -0.3 is 14.2 Å². The lowest BCUT2D eigenvalue weighted by Gasteiger charge is -2.38. The average molecular weight is 204 g/mol. The van der Waals surface area contributed by atoms with Crippen LogP contribution in [0.3, 0.4) is 0 Å². The highest BCUT2D eigenvalue weighted by atomic mass is 31.1. The fourth-order valence-corrected chi connectivity index (χ4v) is 2.99. The van der Waals surface area contributed by atoms with Crippen LogP contribution in [-0.4, -0.2) is 38.9 Å². The van der Waals surface area contributed by atoms with E-state index in [2.05, 4.69) is 6.92 Å². The van der Waals surface area contributed by atoms with E-state index in [0.29, 0.717) is 0 Å². The highest BCUT2D eigenvalue weighted by molar-refractivity contribution is 7.57. The van der Waals surface area contributed by atoms with Crippen LogP contribution in [0.15, 0.2) is 0 Å². The summed E-state index contributed by atoms with van der Waals surface area (Å²) >= 11 is 0. The van der Waals surface area contributed by atoms with Gasteiger partial charge in [0.25, 0.3) is 0 Å². The van der Waals surface area contributed by atoms with Gasteiger partial charge in [-0.3, -0.25) is 0 Å². The van der Waals surface area contributed by atoms with Crippen molar-refractivity contribution < 1.29 is 14.2 Å². The third kappa shape index (κ3) is 2.21. The summed E-state index contributed by atoms with van der Waals surface area (Å²) in [4.78, 5) is 0. The predicted molar refractivity (Wildman–Crippen MR) is 52.1 cm³/mol. The summed E-state index contributed by atoms with van der Waals surface area (Å²) in [6, 6.07) is 0. The first-order valence-electron chi connectivity index (χ1n) is 4.80. The van der Waals surface area contributed by atoms with Gasteiger partial charge in [0.1, 0.15) is 0 Å². The molecule has 4 heteroatoms. The van der Waals surface area contributed by atoms with Crippen LogP contribution in [0, 0.1) is 5.41 Å². The first-order chi connectivity index (χ1) is 6.35. The number of ether oxygens (including phenoxy) is 3. The molecule has 0 N–H and O–H groups in total. The molecular formula is C9H17O3P. The van der Waals surface area contributed by atoms with E-state index >= 15 is 0 Å². The normalized spacial score (nSPS) is 40.8. The van der Waals surface area contributed by atoms with Crippen LogP contribution in [0.2, 0.25) is 0 Å². The molecule has 3 aliphatic heterocycles. The number of hydrogen-bond donors (Lipinski definition) is 0. The number of rotatable bonds is 1. The van der Waals surface area contributed by atoms with Gasteiger partial charge in [0.15, 0.2) is 0 Å². The minimum Gasteiger partial charge on any atom is -0.376 e. The third-order valence-electron chi connectivity index (χ3n) is 2.80. The van der Waals surface area contributed by atoms with E-state index in [-0.39, 0.29) is 13.3 Å². The van der Waals surface area contributed by atoms with Gasteiger partial charge in [-0.15, -0.1) is 0 Å². The standard InChI is InChI=1S/C9H17O3P/c1-2-9-3-10-6-13(7-11-4-9)8-12-5-9/h2-8H2,1H3. The minimum absolute atomic E-state index is 0.127. The van der Waals surface area contributed by atoms with Crippen molar-refractivity contribution in [2.24, 2.45) is 5.41 Å². The Morgan fingerprint density at radius 1 is 1.00 bits per heavy atom. The summed E-state index contributed by atoms with van der Waals surface area (Å²) in [5.41, 5.74) is 0.127. The van der Waals surface area contributed by atoms with Crippen LogP contribution >= 0.6 is 7.92 Å². The first kappa shape index (κ1) is 9.85. The van der Waals surface area contributed by atoms with Gasteiger partial charge in [-0.1, -0.05) is 6.92 Å². The molecule has 3 aliphatic rings. The maximum absolute atomic E-state index is 5.70. The summed E-state index contributed by atoms with van der Waals surface area (Å²) in [7, 11) is -0.172. The Morgan fingerprint density at radius 3 is 1.85 bits per heavy atom. The highest BCUT2D eigenvalue weighted by Gasteiger charge is 2.34. The maximum Gasteiger partial charge on any atom is 0.0704 e. The molecule has 3 saturated heterocycles. The molecule has 0 saturated carbocycles. The predicted octanol–water partition coefficient (Wildman–Crippen LogP) is 1.81. The Labute approximate surface area is 80.5 Å². The molecular weight excluding hydrogens is 187 g/mol. The van der Waals surface area contributed by atoms with Crippen LogP contribution in [0.4, 0.5) is 0 Å². The van der Waals surface area contributed by atoms with Crippen molar-refractivity contribution in [3.05, 3.63) is 0 Å². The van der Waals surface area contributed by atoms with E-state index in [9.17, 15) is 0 Å². The Balaban J connectivity index is 2.07. The second-order valence-electron chi connectivity index (χ2n) is 3.96. The van der Waals surface area contributed by atoms with E-state index in [0.717, 1.165) is 45.3 Å². The Hall–Kier alpha value is 0.310. The van der Waals surface area contributed by atoms with Gasteiger partial charge in [-0.25, -0.2) is 0 Å². The number of hydrogen-bond acceptors (Lipinski definition) is 3. The van der Waals surface area contributed by atoms with Crippen molar-refractivity contribution in [3.63, 3.8) is 0 Å². The molecule has 3 nitrogen and oxygen atoms in total. The van der Waals surface area contributed by atoms with E-state index < -0.39 is 0 Å². The lowest BCUT2D eigenvalue weighted by molar-refractivity contribution is -0.0690. The molecule has 3 heterocycles. The molecule has 0 unspecified atom stereocenters. The Bertz CT molecular complexity index is 148. The molecule has 2 bridgehead atoms. The van der Waals surface area contributed by atoms with Gasteiger partial charge in [0.2, 0.25) is 0 Å². The zero-order valence-corrected chi connectivity index (χ0v) is 9.02. The molecule has 0 radical (unpaired) electrons. The molecule has 0 aromatic heterocycles. The largest absolute Gasteiger partial charge is 0.376 e. The quantitative estimate of drug-likeness (QED) is 0.610. The molecule has 0 spiro atoms. The summed E-state index contributed by atoms with van der Waals surface area (Å²) in [5, 5.41) is 0. The number of fused-ring (bicyclic) bond motifs is 6.